The predicted octanol–water partition coefficient (Wildman–Crippen LogP) is 2.67. The second-order valence-electron chi connectivity index (χ2n) is 9.93. The monoisotopic (exact) mass is 490 g/mol. The third-order valence-corrected chi connectivity index (χ3v) is 7.04. The molecule has 2 heterocycles. The lowest BCUT2D eigenvalue weighted by molar-refractivity contribution is 0.0695. The predicted molar refractivity (Wildman–Crippen MR) is 128 cm³/mol. The Hall–Kier alpha value is -3.34. The lowest BCUT2D eigenvalue weighted by Gasteiger charge is -2.45. The average molecular weight is 491 g/mol. The summed E-state index contributed by atoms with van der Waals surface area (Å²) in [6.07, 6.45) is 2.05. The number of rotatable bonds is 6. The smallest absolute Gasteiger partial charge is 0.407 e. The number of nitrogens with two attached hydrogens (primary N) is 1. The molecule has 1 saturated heterocycles. The number of aromatic amines is 1. The molecule has 4 rings (SSSR count). The highest BCUT2D eigenvalue weighted by Crippen LogP contribution is 2.51. The number of pyridine rings is 1. The summed E-state index contributed by atoms with van der Waals surface area (Å²) in [7, 11) is 1.37. The summed E-state index contributed by atoms with van der Waals surface area (Å²) in [5, 5.41) is 12.2. The Morgan fingerprint density at radius 3 is 2.60 bits per heavy atom. The van der Waals surface area contributed by atoms with Gasteiger partial charge in [0.1, 0.15) is 11.3 Å². The van der Waals surface area contributed by atoms with E-state index in [1.54, 1.807) is 6.92 Å². The number of carboxylic acid groups (broad SMARTS) is 1. The van der Waals surface area contributed by atoms with Gasteiger partial charge < -0.3 is 35.5 Å². The van der Waals surface area contributed by atoms with E-state index in [0.717, 1.165) is 6.20 Å². The molecule has 0 radical (unpaired) electrons. The Morgan fingerprint density at radius 2 is 2.06 bits per heavy atom. The number of hydrogen-bond acceptors (Lipinski definition) is 7. The molecular weight excluding hydrogens is 459 g/mol. The van der Waals surface area contributed by atoms with Gasteiger partial charge in [-0.1, -0.05) is 13.8 Å². The molecule has 1 unspecified atom stereocenters. The van der Waals surface area contributed by atoms with Crippen LogP contribution < -0.4 is 26.1 Å². The summed E-state index contributed by atoms with van der Waals surface area (Å²) in [5.41, 5.74) is 3.97. The molecule has 1 aliphatic carbocycles. The standard InChI is InChI=1S/C24H31FN4O6/c1-5-35-22(33)28-13-6-9-29(11-23(13,2)3)18-16(25)15(24(26)7-8-24)14-17(20(18)34-4)27-10-12(19(14)30)21(31)32/h10,13H,5-9,11,26H2,1-4H3,(H,27,30)(H,28,33)(H,31,32). The molecule has 1 saturated carbocycles. The van der Waals surface area contributed by atoms with Crippen LogP contribution in [0.2, 0.25) is 0 Å². The van der Waals surface area contributed by atoms with Gasteiger partial charge >= 0.3 is 12.1 Å². The zero-order valence-electron chi connectivity index (χ0n) is 20.3. The van der Waals surface area contributed by atoms with Crippen molar-refractivity contribution in [3.63, 3.8) is 0 Å². The SMILES string of the molecule is CCOC(=O)NC1CCN(c2c(F)c(C3(N)CC3)c3c(=O)c(C(=O)O)c[nH]c3c2OC)CC1(C)C. The van der Waals surface area contributed by atoms with E-state index in [0.29, 0.717) is 32.4 Å². The minimum absolute atomic E-state index is 0.0113. The van der Waals surface area contributed by atoms with Gasteiger partial charge in [0.05, 0.1) is 24.6 Å². The van der Waals surface area contributed by atoms with Crippen molar-refractivity contribution in [2.75, 3.05) is 31.7 Å². The largest absolute Gasteiger partial charge is 0.492 e. The third kappa shape index (κ3) is 4.18. The van der Waals surface area contributed by atoms with E-state index in [-0.39, 0.29) is 40.6 Å². The first-order valence-corrected chi connectivity index (χ1v) is 11.6. The van der Waals surface area contributed by atoms with Gasteiger partial charge in [-0.15, -0.1) is 0 Å². The molecule has 190 valence electrons. The molecule has 1 aliphatic heterocycles. The van der Waals surface area contributed by atoms with Gasteiger partial charge in [0.15, 0.2) is 11.6 Å². The second kappa shape index (κ2) is 8.71. The molecule has 1 aromatic heterocycles. The number of carbonyl (C=O) groups is 2. The number of alkyl carbamates (subject to hydrolysis) is 1. The number of nitrogens with one attached hydrogen (secondary N) is 2. The first-order chi connectivity index (χ1) is 16.4. The third-order valence-electron chi connectivity index (χ3n) is 7.04. The van der Waals surface area contributed by atoms with Crippen molar-refractivity contribution >= 4 is 28.7 Å². The molecule has 0 bridgehead atoms. The summed E-state index contributed by atoms with van der Waals surface area (Å²) in [6.45, 7) is 6.69. The van der Waals surface area contributed by atoms with Crippen LogP contribution in [-0.2, 0) is 10.3 Å². The summed E-state index contributed by atoms with van der Waals surface area (Å²) >= 11 is 0. The van der Waals surface area contributed by atoms with E-state index >= 15 is 4.39 Å². The molecule has 1 aromatic carbocycles. The van der Waals surface area contributed by atoms with E-state index in [2.05, 4.69) is 10.3 Å². The van der Waals surface area contributed by atoms with E-state index in [4.69, 9.17) is 15.2 Å². The molecule has 10 nitrogen and oxygen atoms in total. The van der Waals surface area contributed by atoms with Crippen LogP contribution in [0, 0.1) is 11.2 Å². The molecule has 2 fully saturated rings. The van der Waals surface area contributed by atoms with Crippen LogP contribution in [0.1, 0.15) is 56.0 Å². The number of halogens is 1. The van der Waals surface area contributed by atoms with Crippen molar-refractivity contribution in [2.24, 2.45) is 11.1 Å². The normalized spacial score (nSPS) is 20.4. The van der Waals surface area contributed by atoms with Crippen LogP contribution in [0.5, 0.6) is 5.75 Å². The molecular formula is C24H31FN4O6. The van der Waals surface area contributed by atoms with Crippen molar-refractivity contribution in [3.8, 4) is 5.75 Å². The first kappa shape index (κ1) is 24.8. The van der Waals surface area contributed by atoms with E-state index in [1.807, 2.05) is 18.7 Å². The average Bonchev–Trinajstić information content (AvgIpc) is 3.52. The Morgan fingerprint density at radius 1 is 1.37 bits per heavy atom. The maximum atomic E-state index is 16.4. The lowest BCUT2D eigenvalue weighted by Crippen LogP contribution is -2.56. The number of H-pyrrole nitrogens is 1. The summed E-state index contributed by atoms with van der Waals surface area (Å²) in [5.74, 6) is -2.00. The second-order valence-corrected chi connectivity index (χ2v) is 9.93. The summed E-state index contributed by atoms with van der Waals surface area (Å²) in [6, 6.07) is -0.200. The molecule has 2 aliphatic rings. The van der Waals surface area contributed by atoms with Crippen LogP contribution in [0.4, 0.5) is 14.9 Å². The molecule has 2 aromatic rings. The Bertz CT molecular complexity index is 1250. The Balaban J connectivity index is 1.86. The molecule has 0 spiro atoms. The molecule has 35 heavy (non-hydrogen) atoms. The maximum absolute atomic E-state index is 16.4. The topological polar surface area (TPSA) is 147 Å². The summed E-state index contributed by atoms with van der Waals surface area (Å²) < 4.78 is 27.0. The highest BCUT2D eigenvalue weighted by molar-refractivity contribution is 5.99. The quantitative estimate of drug-likeness (QED) is 0.483. The fraction of sp³-hybridized carbons (Fsp3) is 0.542. The van der Waals surface area contributed by atoms with Gasteiger partial charge in [-0.2, -0.15) is 0 Å². The fourth-order valence-corrected chi connectivity index (χ4v) is 5.02. The number of fused-ring (bicyclic) bond motifs is 1. The van der Waals surface area contributed by atoms with Crippen molar-refractivity contribution in [1.82, 2.24) is 10.3 Å². The van der Waals surface area contributed by atoms with Crippen molar-refractivity contribution in [1.29, 1.82) is 0 Å². The number of methoxy groups -OCH3 is 1. The van der Waals surface area contributed by atoms with Crippen LogP contribution in [-0.4, -0.2) is 55.0 Å². The van der Waals surface area contributed by atoms with E-state index in [1.165, 1.54) is 7.11 Å². The summed E-state index contributed by atoms with van der Waals surface area (Å²) in [4.78, 5) is 41.4. The number of nitrogens with zero attached hydrogens (tertiary/aromatic N) is 1. The van der Waals surface area contributed by atoms with Crippen LogP contribution in [0.15, 0.2) is 11.0 Å². The highest BCUT2D eigenvalue weighted by Gasteiger charge is 2.47. The zero-order valence-corrected chi connectivity index (χ0v) is 20.3. The van der Waals surface area contributed by atoms with Crippen LogP contribution >= 0.6 is 0 Å². The van der Waals surface area contributed by atoms with Crippen molar-refractivity contribution in [2.45, 2.75) is 51.6 Å². The molecule has 1 atom stereocenters. The number of aromatic carboxylic acids is 1. The Kier molecular flexibility index (Phi) is 6.16. The van der Waals surface area contributed by atoms with Crippen LogP contribution in [0.3, 0.4) is 0 Å². The van der Waals surface area contributed by atoms with Crippen molar-refractivity contribution in [3.05, 3.63) is 33.4 Å². The molecule has 5 N–H and O–H groups in total. The molecule has 11 heteroatoms. The fourth-order valence-electron chi connectivity index (χ4n) is 5.02. The minimum atomic E-state index is -1.41. The van der Waals surface area contributed by atoms with Gasteiger partial charge in [-0.3, -0.25) is 4.79 Å². The van der Waals surface area contributed by atoms with Crippen molar-refractivity contribution < 1.29 is 28.6 Å². The van der Waals surface area contributed by atoms with Gasteiger partial charge in [0, 0.05) is 41.8 Å². The number of carbonyl (C=O) groups excluding carboxylic acids is 1. The number of aromatic nitrogens is 1. The number of anilines is 1. The number of ether oxygens (including phenoxy) is 2. The highest BCUT2D eigenvalue weighted by atomic mass is 19.1. The lowest BCUT2D eigenvalue weighted by atomic mass is 9.78. The van der Waals surface area contributed by atoms with Gasteiger partial charge in [0.25, 0.3) is 0 Å². The van der Waals surface area contributed by atoms with Gasteiger partial charge in [0.2, 0.25) is 5.43 Å². The van der Waals surface area contributed by atoms with Crippen LogP contribution in [0.25, 0.3) is 10.9 Å². The number of piperidine rings is 1. The minimum Gasteiger partial charge on any atom is -0.492 e. The first-order valence-electron chi connectivity index (χ1n) is 11.6. The molecule has 1 amide bonds. The number of benzene rings is 1. The Labute approximate surface area is 201 Å². The van der Waals surface area contributed by atoms with E-state index < -0.39 is 39.8 Å². The van der Waals surface area contributed by atoms with E-state index in [9.17, 15) is 19.5 Å². The number of hydrogen-bond donors (Lipinski definition) is 4. The maximum Gasteiger partial charge on any atom is 0.407 e. The zero-order chi connectivity index (χ0) is 25.7. The number of amides is 1. The van der Waals surface area contributed by atoms with Gasteiger partial charge in [-0.25, -0.2) is 14.0 Å². The van der Waals surface area contributed by atoms with Gasteiger partial charge in [-0.05, 0) is 26.2 Å². The number of carboxylic acids is 1.